The molecule has 0 rings (SSSR count). The molecule has 0 aliphatic heterocycles. The summed E-state index contributed by atoms with van der Waals surface area (Å²) in [5.41, 5.74) is 0. The third-order valence-corrected chi connectivity index (χ3v) is 2.98. The smallest absolute Gasteiger partial charge is 0.210 e. The van der Waals surface area contributed by atoms with Crippen LogP contribution in [0.2, 0.25) is 0 Å². The molecule has 0 bridgehead atoms. The maximum atomic E-state index is 10.9. The molecule has 0 fully saturated rings. The standard InChI is InChI=1S/C7H18N2O4S2/c1-4-5-6-7(8-14(2,10)11)9-15(3,12)13/h7-9H,4-6H2,1-3H3. The van der Waals surface area contributed by atoms with Crippen molar-refractivity contribution in [1.29, 1.82) is 0 Å². The molecule has 0 aliphatic carbocycles. The van der Waals surface area contributed by atoms with Crippen LogP contribution in [-0.2, 0) is 20.0 Å². The van der Waals surface area contributed by atoms with E-state index in [-0.39, 0.29) is 0 Å². The van der Waals surface area contributed by atoms with E-state index in [1.165, 1.54) is 0 Å². The van der Waals surface area contributed by atoms with Gasteiger partial charge >= 0.3 is 0 Å². The van der Waals surface area contributed by atoms with Gasteiger partial charge in [-0.2, -0.15) is 9.44 Å². The summed E-state index contributed by atoms with van der Waals surface area (Å²) in [6.45, 7) is 1.94. The molecule has 0 amide bonds. The lowest BCUT2D eigenvalue weighted by Gasteiger charge is -2.17. The highest BCUT2D eigenvalue weighted by Gasteiger charge is 2.16. The van der Waals surface area contributed by atoms with Gasteiger partial charge in [-0.1, -0.05) is 19.8 Å². The van der Waals surface area contributed by atoms with Crippen LogP contribution in [-0.4, -0.2) is 35.5 Å². The van der Waals surface area contributed by atoms with Crippen molar-refractivity contribution in [3.63, 3.8) is 0 Å². The van der Waals surface area contributed by atoms with E-state index in [4.69, 9.17) is 0 Å². The second-order valence-corrected chi connectivity index (χ2v) is 7.03. The molecule has 0 aromatic rings. The fraction of sp³-hybridized carbons (Fsp3) is 1.00. The van der Waals surface area contributed by atoms with Crippen LogP contribution < -0.4 is 9.44 Å². The zero-order valence-corrected chi connectivity index (χ0v) is 10.8. The van der Waals surface area contributed by atoms with Crippen LogP contribution >= 0.6 is 0 Å². The van der Waals surface area contributed by atoms with Gasteiger partial charge in [0.05, 0.1) is 18.7 Å². The number of unbranched alkanes of at least 4 members (excludes halogenated alkanes) is 1. The summed E-state index contributed by atoms with van der Waals surface area (Å²) in [6.07, 6.45) is 3.29. The minimum atomic E-state index is -3.40. The number of nitrogens with one attached hydrogen (secondary N) is 2. The molecule has 0 unspecified atom stereocenters. The van der Waals surface area contributed by atoms with Gasteiger partial charge in [0.15, 0.2) is 0 Å². The molecule has 0 aliphatic rings. The van der Waals surface area contributed by atoms with Crippen LogP contribution in [0.4, 0.5) is 0 Å². The minimum Gasteiger partial charge on any atom is -0.213 e. The molecule has 15 heavy (non-hydrogen) atoms. The van der Waals surface area contributed by atoms with Crippen molar-refractivity contribution in [2.24, 2.45) is 0 Å². The first kappa shape index (κ1) is 14.8. The van der Waals surface area contributed by atoms with Crippen molar-refractivity contribution in [2.75, 3.05) is 12.5 Å². The van der Waals surface area contributed by atoms with Gasteiger partial charge in [0, 0.05) is 0 Å². The molecule has 0 saturated heterocycles. The van der Waals surface area contributed by atoms with E-state index in [0.717, 1.165) is 25.4 Å². The second-order valence-electron chi connectivity index (χ2n) is 3.47. The Morgan fingerprint density at radius 3 is 1.67 bits per heavy atom. The van der Waals surface area contributed by atoms with Crippen molar-refractivity contribution in [3.8, 4) is 0 Å². The Kier molecular flexibility index (Phi) is 5.71. The molecule has 0 aromatic heterocycles. The minimum absolute atomic E-state index is 0.441. The van der Waals surface area contributed by atoms with Crippen LogP contribution in [0, 0.1) is 0 Å². The first-order chi connectivity index (χ1) is 6.64. The maximum Gasteiger partial charge on any atom is 0.210 e. The molecule has 0 atom stereocenters. The third-order valence-electron chi connectivity index (χ3n) is 1.56. The maximum absolute atomic E-state index is 10.9. The topological polar surface area (TPSA) is 92.3 Å². The molecule has 0 radical (unpaired) electrons. The van der Waals surface area contributed by atoms with Gasteiger partial charge in [0.1, 0.15) is 0 Å². The number of sulfonamides is 2. The van der Waals surface area contributed by atoms with Gasteiger partial charge in [-0.3, -0.25) is 0 Å². The summed E-state index contributed by atoms with van der Waals surface area (Å²) in [4.78, 5) is 0. The molecule has 0 saturated carbocycles. The highest BCUT2D eigenvalue weighted by atomic mass is 32.2. The molecular formula is C7H18N2O4S2. The fourth-order valence-electron chi connectivity index (χ4n) is 1.07. The Labute approximate surface area is 91.6 Å². The van der Waals surface area contributed by atoms with Gasteiger partial charge < -0.3 is 0 Å². The van der Waals surface area contributed by atoms with Crippen molar-refractivity contribution in [1.82, 2.24) is 9.44 Å². The fourth-order valence-corrected chi connectivity index (χ4v) is 2.53. The zero-order chi connectivity index (χ0) is 12.1. The van der Waals surface area contributed by atoms with Gasteiger partial charge in [-0.05, 0) is 6.42 Å². The SMILES string of the molecule is CCCCC(NS(C)(=O)=O)NS(C)(=O)=O. The number of rotatable bonds is 7. The lowest BCUT2D eigenvalue weighted by atomic mass is 10.2. The zero-order valence-electron chi connectivity index (χ0n) is 9.15. The van der Waals surface area contributed by atoms with E-state index in [2.05, 4.69) is 9.44 Å². The molecule has 92 valence electrons. The Hall–Kier alpha value is -0.180. The van der Waals surface area contributed by atoms with Crippen molar-refractivity contribution < 1.29 is 16.8 Å². The first-order valence-corrected chi connectivity index (χ1v) is 8.37. The van der Waals surface area contributed by atoms with Crippen LogP contribution in [0.15, 0.2) is 0 Å². The Morgan fingerprint density at radius 1 is 1.00 bits per heavy atom. The summed E-state index contributed by atoms with van der Waals surface area (Å²) >= 11 is 0. The highest BCUT2D eigenvalue weighted by Crippen LogP contribution is 2.00. The number of hydrogen-bond acceptors (Lipinski definition) is 4. The van der Waals surface area contributed by atoms with Gasteiger partial charge in [-0.25, -0.2) is 16.8 Å². The molecular weight excluding hydrogens is 240 g/mol. The van der Waals surface area contributed by atoms with Gasteiger partial charge in [0.2, 0.25) is 20.0 Å². The summed E-state index contributed by atoms with van der Waals surface area (Å²) in [5, 5.41) is 0. The van der Waals surface area contributed by atoms with Crippen molar-refractivity contribution >= 4 is 20.0 Å². The predicted octanol–water partition coefficient (Wildman–Crippen LogP) is -0.399. The average Bonchev–Trinajstić information content (AvgIpc) is 1.94. The van der Waals surface area contributed by atoms with Crippen molar-refractivity contribution in [2.45, 2.75) is 32.4 Å². The summed E-state index contributed by atoms with van der Waals surface area (Å²) < 4.78 is 48.2. The van der Waals surface area contributed by atoms with Crippen molar-refractivity contribution in [3.05, 3.63) is 0 Å². The van der Waals surface area contributed by atoms with Gasteiger partial charge in [-0.15, -0.1) is 0 Å². The van der Waals surface area contributed by atoms with Crippen LogP contribution in [0.3, 0.4) is 0 Å². The predicted molar refractivity (Wildman–Crippen MR) is 59.3 cm³/mol. The summed E-state index contributed by atoms with van der Waals surface area (Å²) in [5.74, 6) is 0. The van der Waals surface area contributed by atoms with Gasteiger partial charge in [0.25, 0.3) is 0 Å². The normalized spacial score (nSPS) is 13.3. The van der Waals surface area contributed by atoms with E-state index in [0.29, 0.717) is 6.42 Å². The molecule has 8 heteroatoms. The Morgan fingerprint density at radius 2 is 1.40 bits per heavy atom. The quantitative estimate of drug-likeness (QED) is 0.608. The van der Waals surface area contributed by atoms with Crippen LogP contribution in [0.1, 0.15) is 26.2 Å². The molecule has 0 heterocycles. The monoisotopic (exact) mass is 258 g/mol. The largest absolute Gasteiger partial charge is 0.213 e. The molecule has 0 aromatic carbocycles. The summed E-state index contributed by atoms with van der Waals surface area (Å²) in [7, 11) is -6.81. The number of hydrogen-bond donors (Lipinski definition) is 2. The Balaban J connectivity index is 4.45. The van der Waals surface area contributed by atoms with Crippen LogP contribution in [0.5, 0.6) is 0 Å². The first-order valence-electron chi connectivity index (χ1n) is 4.58. The third kappa shape index (κ3) is 10.1. The van der Waals surface area contributed by atoms with E-state index < -0.39 is 26.2 Å². The average molecular weight is 258 g/mol. The lowest BCUT2D eigenvalue weighted by molar-refractivity contribution is 0.486. The van der Waals surface area contributed by atoms with E-state index >= 15 is 0 Å². The van der Waals surface area contributed by atoms with E-state index in [1.54, 1.807) is 0 Å². The van der Waals surface area contributed by atoms with E-state index in [9.17, 15) is 16.8 Å². The highest BCUT2D eigenvalue weighted by molar-refractivity contribution is 7.89. The molecule has 2 N–H and O–H groups in total. The lowest BCUT2D eigenvalue weighted by Crippen LogP contribution is -2.47. The molecule has 0 spiro atoms. The van der Waals surface area contributed by atoms with Crippen LogP contribution in [0.25, 0.3) is 0 Å². The Bertz CT molecular complexity index is 340. The molecule has 6 nitrogen and oxygen atoms in total. The summed E-state index contributed by atoms with van der Waals surface area (Å²) in [6, 6.07) is 0. The van der Waals surface area contributed by atoms with E-state index in [1.807, 2.05) is 6.92 Å². The second kappa shape index (κ2) is 5.78.